The van der Waals surface area contributed by atoms with Gasteiger partial charge in [-0.2, -0.15) is 21.6 Å². The SMILES string of the molecule is Cc1cc(C(F)(F)F)cc(N2C(=O)N(CCOS(C)(=O)=O)C[C@H]2C(=O)N(C)c2ccc(F)c(Cl)c2F)n1. The van der Waals surface area contributed by atoms with Crippen LogP contribution in [-0.2, 0) is 25.3 Å². The number of hydrogen-bond acceptors (Lipinski definition) is 6. The van der Waals surface area contributed by atoms with E-state index >= 15 is 0 Å². The van der Waals surface area contributed by atoms with Crippen molar-refractivity contribution in [3.63, 3.8) is 0 Å². The molecular formula is C21H20ClF5N4O5S. The Morgan fingerprint density at radius 2 is 1.92 bits per heavy atom. The number of anilines is 2. The summed E-state index contributed by atoms with van der Waals surface area (Å²) in [6, 6.07) is 0.591. The number of halogens is 6. The van der Waals surface area contributed by atoms with Crippen LogP contribution in [0, 0.1) is 18.6 Å². The first-order valence-corrected chi connectivity index (χ1v) is 12.6. The summed E-state index contributed by atoms with van der Waals surface area (Å²) in [4.78, 5) is 33.0. The number of carbonyl (C=O) groups is 2. The average molecular weight is 571 g/mol. The minimum atomic E-state index is -4.79. The topological polar surface area (TPSA) is 100 Å². The Kier molecular flexibility index (Phi) is 8.00. The summed E-state index contributed by atoms with van der Waals surface area (Å²) in [7, 11) is -2.76. The molecule has 0 radical (unpaired) electrons. The highest BCUT2D eigenvalue weighted by Crippen LogP contribution is 2.34. The molecule has 1 aliphatic heterocycles. The third-order valence-electron chi connectivity index (χ3n) is 5.35. The van der Waals surface area contributed by atoms with Crippen molar-refractivity contribution in [2.24, 2.45) is 0 Å². The molecule has 0 spiro atoms. The van der Waals surface area contributed by atoms with E-state index in [4.69, 9.17) is 11.6 Å². The highest BCUT2D eigenvalue weighted by atomic mass is 35.5. The predicted octanol–water partition coefficient (Wildman–Crippen LogP) is 3.59. The fourth-order valence-electron chi connectivity index (χ4n) is 3.64. The van der Waals surface area contributed by atoms with Gasteiger partial charge >= 0.3 is 12.2 Å². The van der Waals surface area contributed by atoms with Crippen molar-refractivity contribution in [2.75, 3.05) is 42.8 Å². The first-order chi connectivity index (χ1) is 17.0. The summed E-state index contributed by atoms with van der Waals surface area (Å²) < 4.78 is 95.6. The third-order valence-corrected chi connectivity index (χ3v) is 6.29. The number of carbonyl (C=O) groups excluding carboxylic acids is 2. The lowest BCUT2D eigenvalue weighted by molar-refractivity contribution is -0.137. The van der Waals surface area contributed by atoms with Gasteiger partial charge in [-0.25, -0.2) is 18.6 Å². The van der Waals surface area contributed by atoms with E-state index in [1.165, 1.54) is 6.92 Å². The van der Waals surface area contributed by atoms with E-state index in [0.717, 1.165) is 41.3 Å². The second-order valence-corrected chi connectivity index (χ2v) is 10.1. The van der Waals surface area contributed by atoms with Gasteiger partial charge < -0.3 is 9.80 Å². The number of likely N-dealkylation sites (N-methyl/N-ethyl adjacent to an activating group) is 1. The maximum atomic E-state index is 14.6. The number of rotatable bonds is 7. The van der Waals surface area contributed by atoms with Crippen LogP contribution in [0.1, 0.15) is 11.3 Å². The maximum absolute atomic E-state index is 14.6. The zero-order valence-electron chi connectivity index (χ0n) is 19.5. The molecular weight excluding hydrogens is 551 g/mol. The highest BCUT2D eigenvalue weighted by molar-refractivity contribution is 7.85. The van der Waals surface area contributed by atoms with Crippen molar-refractivity contribution in [1.29, 1.82) is 0 Å². The van der Waals surface area contributed by atoms with E-state index in [9.17, 15) is 40.0 Å². The zero-order valence-corrected chi connectivity index (χ0v) is 21.1. The molecule has 0 aliphatic carbocycles. The molecule has 37 heavy (non-hydrogen) atoms. The molecule has 1 saturated heterocycles. The van der Waals surface area contributed by atoms with Crippen LogP contribution in [0.4, 0.5) is 38.3 Å². The number of nitrogens with zero attached hydrogens (tertiary/aromatic N) is 4. The molecule has 16 heteroatoms. The van der Waals surface area contributed by atoms with Gasteiger partial charge in [0.1, 0.15) is 22.7 Å². The number of urea groups is 1. The summed E-state index contributed by atoms with van der Waals surface area (Å²) in [5.41, 5.74) is -1.68. The summed E-state index contributed by atoms with van der Waals surface area (Å²) in [6.45, 7) is -0.00448. The normalized spacial score (nSPS) is 16.5. The van der Waals surface area contributed by atoms with Gasteiger partial charge in [-0.1, -0.05) is 11.6 Å². The summed E-state index contributed by atoms with van der Waals surface area (Å²) in [6.07, 6.45) is -4.01. The largest absolute Gasteiger partial charge is 0.416 e. The van der Waals surface area contributed by atoms with Crippen molar-refractivity contribution < 1.29 is 44.1 Å². The van der Waals surface area contributed by atoms with Crippen LogP contribution >= 0.6 is 11.6 Å². The Hall–Kier alpha value is -3.04. The number of amides is 3. The van der Waals surface area contributed by atoms with Crippen molar-refractivity contribution >= 4 is 45.2 Å². The molecule has 9 nitrogen and oxygen atoms in total. The Balaban J connectivity index is 2.03. The third kappa shape index (κ3) is 6.27. The van der Waals surface area contributed by atoms with E-state index in [1.54, 1.807) is 0 Å². The van der Waals surface area contributed by atoms with Gasteiger partial charge in [-0.3, -0.25) is 13.9 Å². The van der Waals surface area contributed by atoms with Crippen LogP contribution in [-0.4, -0.2) is 69.3 Å². The van der Waals surface area contributed by atoms with E-state index in [2.05, 4.69) is 9.17 Å². The molecule has 0 unspecified atom stereocenters. The minimum Gasteiger partial charge on any atom is -0.319 e. The molecule has 2 heterocycles. The van der Waals surface area contributed by atoms with E-state index in [-0.39, 0.29) is 12.2 Å². The van der Waals surface area contributed by atoms with E-state index in [1.807, 2.05) is 0 Å². The van der Waals surface area contributed by atoms with Gasteiger partial charge in [0.2, 0.25) is 0 Å². The quantitative estimate of drug-likeness (QED) is 0.287. The predicted molar refractivity (Wildman–Crippen MR) is 123 cm³/mol. The fourth-order valence-corrected chi connectivity index (χ4v) is 4.18. The van der Waals surface area contributed by atoms with Crippen LogP contribution in [0.3, 0.4) is 0 Å². The molecule has 3 amide bonds. The van der Waals surface area contributed by atoms with Gasteiger partial charge in [-0.05, 0) is 31.2 Å². The van der Waals surface area contributed by atoms with Gasteiger partial charge in [0.05, 0.1) is 30.7 Å². The molecule has 0 N–H and O–H groups in total. The van der Waals surface area contributed by atoms with Gasteiger partial charge in [0.15, 0.2) is 5.82 Å². The van der Waals surface area contributed by atoms with Crippen molar-refractivity contribution in [3.8, 4) is 0 Å². The number of pyridine rings is 1. The second-order valence-electron chi connectivity index (χ2n) is 8.09. The Bertz CT molecular complexity index is 1340. The number of aryl methyl sites for hydroxylation is 1. The zero-order chi connectivity index (χ0) is 27.9. The van der Waals surface area contributed by atoms with E-state index in [0.29, 0.717) is 11.0 Å². The van der Waals surface area contributed by atoms with Crippen molar-refractivity contribution in [1.82, 2.24) is 9.88 Å². The molecule has 1 fully saturated rings. The first-order valence-electron chi connectivity index (χ1n) is 10.4. The van der Waals surface area contributed by atoms with Crippen molar-refractivity contribution in [2.45, 2.75) is 19.1 Å². The van der Waals surface area contributed by atoms with Gasteiger partial charge in [0.25, 0.3) is 16.0 Å². The van der Waals surface area contributed by atoms with Crippen molar-refractivity contribution in [3.05, 3.63) is 52.2 Å². The second kappa shape index (κ2) is 10.4. The molecule has 1 aromatic heterocycles. The summed E-state index contributed by atoms with van der Waals surface area (Å²) in [5, 5.41) is -0.883. The van der Waals surface area contributed by atoms with Crippen LogP contribution < -0.4 is 9.80 Å². The molecule has 0 saturated carbocycles. The lowest BCUT2D eigenvalue weighted by atomic mass is 10.1. The molecule has 1 aliphatic rings. The first kappa shape index (κ1) is 28.5. The van der Waals surface area contributed by atoms with Gasteiger partial charge in [0, 0.05) is 19.3 Å². The smallest absolute Gasteiger partial charge is 0.319 e. The number of alkyl halides is 3. The van der Waals surface area contributed by atoms with Crippen LogP contribution in [0.2, 0.25) is 5.02 Å². The summed E-state index contributed by atoms with van der Waals surface area (Å²) in [5.74, 6) is -3.81. The number of aromatic nitrogens is 1. The van der Waals surface area contributed by atoms with E-state index < -0.39 is 81.2 Å². The monoisotopic (exact) mass is 570 g/mol. The van der Waals surface area contributed by atoms with Crippen LogP contribution in [0.15, 0.2) is 24.3 Å². The average Bonchev–Trinajstić information content (AvgIpc) is 3.11. The molecule has 1 atom stereocenters. The molecule has 0 bridgehead atoms. The highest BCUT2D eigenvalue weighted by Gasteiger charge is 2.45. The maximum Gasteiger partial charge on any atom is 0.416 e. The lowest BCUT2D eigenvalue weighted by Crippen LogP contribution is -2.47. The summed E-state index contributed by atoms with van der Waals surface area (Å²) >= 11 is 5.59. The standard InChI is InChI=1S/C21H20ClF5N4O5S/c1-11-8-12(21(25,26)27)9-16(28-11)31-15(10-30(20(31)33)6-7-36-37(3,34)35)19(32)29(2)14-5-4-13(23)17(22)18(14)24/h4-5,8-9,15H,6-7,10H2,1-3H3/t15-/m0/s1. The van der Waals surface area contributed by atoms with Crippen LogP contribution in [0.5, 0.6) is 0 Å². The number of benzene rings is 1. The molecule has 1 aromatic carbocycles. The Morgan fingerprint density at radius 3 is 2.51 bits per heavy atom. The number of hydrogen-bond donors (Lipinski definition) is 0. The Morgan fingerprint density at radius 1 is 1.27 bits per heavy atom. The molecule has 2 aromatic rings. The fraction of sp³-hybridized carbons (Fsp3) is 0.381. The van der Waals surface area contributed by atoms with Crippen LogP contribution in [0.25, 0.3) is 0 Å². The molecule has 3 rings (SSSR count). The lowest BCUT2D eigenvalue weighted by Gasteiger charge is -2.27. The van der Waals surface area contributed by atoms with Gasteiger partial charge in [-0.15, -0.1) is 0 Å². The minimum absolute atomic E-state index is 0.104. The Labute approximate surface area is 213 Å². The molecule has 202 valence electrons.